The van der Waals surface area contributed by atoms with Crippen molar-refractivity contribution in [1.82, 2.24) is 24.6 Å². The minimum Gasteiger partial charge on any atom is -0.343 e. The Morgan fingerprint density at radius 1 is 1.00 bits per heavy atom. The summed E-state index contributed by atoms with van der Waals surface area (Å²) in [7, 11) is 1.65. The van der Waals surface area contributed by atoms with Crippen molar-refractivity contribution in [1.29, 1.82) is 0 Å². The molecule has 1 saturated heterocycles. The van der Waals surface area contributed by atoms with Gasteiger partial charge >= 0.3 is 5.69 Å². The third kappa shape index (κ3) is 4.42. The van der Waals surface area contributed by atoms with E-state index in [1.54, 1.807) is 40.8 Å². The van der Waals surface area contributed by atoms with Gasteiger partial charge in [-0.25, -0.2) is 14.0 Å². The van der Waals surface area contributed by atoms with Gasteiger partial charge in [-0.05, 0) is 37.1 Å². The second-order valence-corrected chi connectivity index (χ2v) is 7.64. The fourth-order valence-electron chi connectivity index (χ4n) is 3.91. The van der Waals surface area contributed by atoms with Crippen LogP contribution in [0.5, 0.6) is 0 Å². The van der Waals surface area contributed by atoms with E-state index < -0.39 is 0 Å². The summed E-state index contributed by atoms with van der Waals surface area (Å²) in [5.41, 5.74) is 1.14. The Kier molecular flexibility index (Phi) is 5.97. The molecule has 0 aliphatic carbocycles. The molecule has 8 nitrogen and oxygen atoms in total. The Balaban J connectivity index is 1.38. The molecule has 4 rings (SSSR count). The normalized spacial score (nSPS) is 14.4. The highest BCUT2D eigenvalue weighted by atomic mass is 16.2. The molecule has 2 aromatic carbocycles. The molecule has 0 spiro atoms. The Labute approximate surface area is 180 Å². The quantitative estimate of drug-likeness (QED) is 0.682. The molecule has 1 aliphatic heterocycles. The molecule has 31 heavy (non-hydrogen) atoms. The predicted molar refractivity (Wildman–Crippen MR) is 116 cm³/mol. The van der Waals surface area contributed by atoms with Gasteiger partial charge in [-0.1, -0.05) is 36.4 Å². The van der Waals surface area contributed by atoms with E-state index >= 15 is 0 Å². The maximum atomic E-state index is 12.6. The van der Waals surface area contributed by atoms with Crippen LogP contribution < -0.4 is 11.0 Å². The number of amides is 2. The molecule has 8 heteroatoms. The monoisotopic (exact) mass is 419 g/mol. The molecule has 1 fully saturated rings. The molecule has 1 N–H and O–H groups in total. The fourth-order valence-corrected chi connectivity index (χ4v) is 3.91. The number of nitrogens with one attached hydrogen (secondary N) is 1. The standard InChI is InChI=1S/C23H25N5O3/c1-26-23(31)28(19-10-6-3-7-11-19)21(25-26)17-12-14-27(15-13-17)20(29)16-24-22(30)18-8-4-2-5-9-18/h2-11,17H,12-16H2,1H3,(H,24,30). The van der Waals surface area contributed by atoms with Crippen LogP contribution in [0.2, 0.25) is 0 Å². The van der Waals surface area contributed by atoms with E-state index in [1.165, 1.54) is 4.68 Å². The summed E-state index contributed by atoms with van der Waals surface area (Å²) in [6, 6.07) is 18.3. The average Bonchev–Trinajstić information content (AvgIpc) is 3.12. The van der Waals surface area contributed by atoms with Crippen molar-refractivity contribution in [2.24, 2.45) is 7.05 Å². The van der Waals surface area contributed by atoms with Crippen molar-refractivity contribution in [2.75, 3.05) is 19.6 Å². The summed E-state index contributed by atoms with van der Waals surface area (Å²) < 4.78 is 3.02. The third-order valence-electron chi connectivity index (χ3n) is 5.61. The number of carbonyl (C=O) groups is 2. The number of aryl methyl sites for hydroxylation is 1. The van der Waals surface area contributed by atoms with Gasteiger partial charge in [0.25, 0.3) is 5.91 Å². The lowest BCUT2D eigenvalue weighted by molar-refractivity contribution is -0.131. The van der Waals surface area contributed by atoms with Gasteiger partial charge in [-0.15, -0.1) is 0 Å². The highest BCUT2D eigenvalue weighted by Gasteiger charge is 2.28. The number of para-hydroxylation sites is 1. The molecule has 0 atom stereocenters. The summed E-state index contributed by atoms with van der Waals surface area (Å²) >= 11 is 0. The maximum absolute atomic E-state index is 12.6. The molecule has 2 amide bonds. The van der Waals surface area contributed by atoms with Gasteiger partial charge in [-0.3, -0.25) is 9.59 Å². The van der Waals surface area contributed by atoms with Crippen LogP contribution >= 0.6 is 0 Å². The van der Waals surface area contributed by atoms with Gasteiger partial charge < -0.3 is 10.2 Å². The molecule has 1 aromatic heterocycles. The summed E-state index contributed by atoms with van der Waals surface area (Å²) in [4.78, 5) is 39.1. The minimum atomic E-state index is -0.260. The number of hydrogen-bond acceptors (Lipinski definition) is 4. The number of carbonyl (C=O) groups excluding carboxylic acids is 2. The van der Waals surface area contributed by atoms with E-state index in [2.05, 4.69) is 10.4 Å². The average molecular weight is 419 g/mol. The Hall–Kier alpha value is -3.68. The second kappa shape index (κ2) is 8.99. The molecule has 2 heterocycles. The Morgan fingerprint density at radius 3 is 2.26 bits per heavy atom. The number of hydrogen-bond donors (Lipinski definition) is 1. The van der Waals surface area contributed by atoms with E-state index in [4.69, 9.17) is 0 Å². The summed E-state index contributed by atoms with van der Waals surface area (Å²) in [5.74, 6) is 0.439. The summed E-state index contributed by atoms with van der Waals surface area (Å²) in [6.45, 7) is 1.09. The number of likely N-dealkylation sites (tertiary alicyclic amines) is 1. The maximum Gasteiger partial charge on any atom is 0.350 e. The number of nitrogens with zero attached hydrogens (tertiary/aromatic N) is 4. The first-order valence-electron chi connectivity index (χ1n) is 10.4. The lowest BCUT2D eigenvalue weighted by Gasteiger charge is -2.31. The highest BCUT2D eigenvalue weighted by Crippen LogP contribution is 2.27. The van der Waals surface area contributed by atoms with Crippen molar-refractivity contribution in [3.05, 3.63) is 82.5 Å². The second-order valence-electron chi connectivity index (χ2n) is 7.64. The van der Waals surface area contributed by atoms with Crippen LogP contribution in [0.15, 0.2) is 65.5 Å². The molecule has 1 aliphatic rings. The molecule has 0 unspecified atom stereocenters. The van der Waals surface area contributed by atoms with Gasteiger partial charge in [0.05, 0.1) is 12.2 Å². The SMILES string of the molecule is Cn1nc(C2CCN(C(=O)CNC(=O)c3ccccc3)CC2)n(-c2ccccc2)c1=O. The summed E-state index contributed by atoms with van der Waals surface area (Å²) in [5, 5.41) is 7.17. The number of aromatic nitrogens is 3. The van der Waals surface area contributed by atoms with Crippen molar-refractivity contribution >= 4 is 11.8 Å². The van der Waals surface area contributed by atoms with Crippen LogP contribution in [0, 0.1) is 0 Å². The van der Waals surface area contributed by atoms with Crippen LogP contribution in [0.4, 0.5) is 0 Å². The Bertz CT molecular complexity index is 1110. The third-order valence-corrected chi connectivity index (χ3v) is 5.61. The van der Waals surface area contributed by atoms with Gasteiger partial charge in [0.15, 0.2) is 0 Å². The van der Waals surface area contributed by atoms with Crippen molar-refractivity contribution in [2.45, 2.75) is 18.8 Å². The first-order valence-corrected chi connectivity index (χ1v) is 10.4. The molecule has 3 aromatic rings. The van der Waals surface area contributed by atoms with E-state index in [-0.39, 0.29) is 30.0 Å². The van der Waals surface area contributed by atoms with Crippen LogP contribution in [0.1, 0.15) is 34.9 Å². The molecular weight excluding hydrogens is 394 g/mol. The zero-order chi connectivity index (χ0) is 21.8. The van der Waals surface area contributed by atoms with Crippen LogP contribution in [-0.4, -0.2) is 50.7 Å². The van der Waals surface area contributed by atoms with Crippen LogP contribution in [-0.2, 0) is 11.8 Å². The lowest BCUT2D eigenvalue weighted by atomic mass is 9.95. The number of rotatable bonds is 5. The van der Waals surface area contributed by atoms with E-state index in [9.17, 15) is 14.4 Å². The zero-order valence-corrected chi connectivity index (χ0v) is 17.4. The van der Waals surface area contributed by atoms with Crippen LogP contribution in [0.3, 0.4) is 0 Å². The van der Waals surface area contributed by atoms with Gasteiger partial charge in [-0.2, -0.15) is 5.10 Å². The minimum absolute atomic E-state index is 0.0310. The lowest BCUT2D eigenvalue weighted by Crippen LogP contribution is -2.44. The fraction of sp³-hybridized carbons (Fsp3) is 0.304. The van der Waals surface area contributed by atoms with Crippen LogP contribution in [0.25, 0.3) is 5.69 Å². The van der Waals surface area contributed by atoms with Crippen molar-refractivity contribution < 1.29 is 9.59 Å². The van der Waals surface area contributed by atoms with Crippen molar-refractivity contribution in [3.63, 3.8) is 0 Å². The largest absolute Gasteiger partial charge is 0.350 e. The van der Waals surface area contributed by atoms with E-state index in [0.29, 0.717) is 31.5 Å². The molecule has 160 valence electrons. The number of benzene rings is 2. The van der Waals surface area contributed by atoms with Gasteiger partial charge in [0, 0.05) is 31.6 Å². The summed E-state index contributed by atoms with van der Waals surface area (Å²) in [6.07, 6.45) is 1.42. The van der Waals surface area contributed by atoms with Gasteiger partial charge in [0.2, 0.25) is 5.91 Å². The zero-order valence-electron chi connectivity index (χ0n) is 17.4. The molecule has 0 saturated carbocycles. The molecule has 0 radical (unpaired) electrons. The Morgan fingerprint density at radius 2 is 1.61 bits per heavy atom. The predicted octanol–water partition coefficient (Wildman–Crippen LogP) is 1.71. The topological polar surface area (TPSA) is 89.2 Å². The van der Waals surface area contributed by atoms with Crippen molar-refractivity contribution in [3.8, 4) is 5.69 Å². The van der Waals surface area contributed by atoms with E-state index in [0.717, 1.165) is 11.5 Å². The highest BCUT2D eigenvalue weighted by molar-refractivity contribution is 5.96. The first kappa shape index (κ1) is 20.6. The molecule has 0 bridgehead atoms. The van der Waals surface area contributed by atoms with E-state index in [1.807, 2.05) is 36.4 Å². The number of piperidine rings is 1. The van der Waals surface area contributed by atoms with Gasteiger partial charge in [0.1, 0.15) is 5.82 Å². The first-order chi connectivity index (χ1) is 15.0. The molecular formula is C23H25N5O3. The smallest absolute Gasteiger partial charge is 0.343 e.